The first-order valence-electron chi connectivity index (χ1n) is 5.28. The Balaban J connectivity index is 2.11. The van der Waals surface area contributed by atoms with Crippen LogP contribution in [0.5, 0.6) is 0 Å². The van der Waals surface area contributed by atoms with Gasteiger partial charge in [0.1, 0.15) is 5.82 Å². The van der Waals surface area contributed by atoms with E-state index in [2.05, 4.69) is 15.5 Å². The fraction of sp³-hybridized carbons (Fsp3) is 0.364. The maximum atomic E-state index is 12.8. The second kappa shape index (κ2) is 5.23. The molecular formula is C11H12ClFN4. The number of rotatable bonds is 4. The van der Waals surface area contributed by atoms with Gasteiger partial charge in [-0.15, -0.1) is 16.7 Å². The van der Waals surface area contributed by atoms with Gasteiger partial charge in [0.15, 0.2) is 5.82 Å². The highest BCUT2D eigenvalue weighted by Crippen LogP contribution is 2.15. The molecule has 0 N–H and O–H groups in total. The van der Waals surface area contributed by atoms with Crippen molar-refractivity contribution >= 4 is 11.6 Å². The first-order chi connectivity index (χ1) is 8.20. The molecule has 17 heavy (non-hydrogen) atoms. The summed E-state index contributed by atoms with van der Waals surface area (Å²) in [5.41, 5.74) is 1.04. The predicted molar refractivity (Wildman–Crippen MR) is 62.2 cm³/mol. The summed E-state index contributed by atoms with van der Waals surface area (Å²) in [6, 6.07) is 6.51. The quantitative estimate of drug-likeness (QED) is 0.787. The SMILES string of the molecule is CC(Cc1ccc(F)cc1)n1nnnc1CCl. The molecule has 0 aliphatic carbocycles. The lowest BCUT2D eigenvalue weighted by molar-refractivity contribution is 0.462. The third-order valence-corrected chi connectivity index (χ3v) is 2.78. The van der Waals surface area contributed by atoms with Gasteiger partial charge in [-0.2, -0.15) is 0 Å². The molecule has 6 heteroatoms. The van der Waals surface area contributed by atoms with E-state index in [9.17, 15) is 4.39 Å². The van der Waals surface area contributed by atoms with Crippen LogP contribution in [0.1, 0.15) is 24.4 Å². The Hall–Kier alpha value is -1.49. The van der Waals surface area contributed by atoms with Gasteiger partial charge in [-0.05, 0) is 41.5 Å². The topological polar surface area (TPSA) is 43.6 Å². The zero-order valence-corrected chi connectivity index (χ0v) is 10.1. The molecule has 1 aromatic carbocycles. The van der Waals surface area contributed by atoms with Crippen LogP contribution in [-0.4, -0.2) is 20.2 Å². The molecule has 1 heterocycles. The van der Waals surface area contributed by atoms with Crippen LogP contribution < -0.4 is 0 Å². The van der Waals surface area contributed by atoms with Crippen LogP contribution in [0.15, 0.2) is 24.3 Å². The highest BCUT2D eigenvalue weighted by Gasteiger charge is 2.12. The van der Waals surface area contributed by atoms with Crippen molar-refractivity contribution in [2.75, 3.05) is 0 Å². The fourth-order valence-electron chi connectivity index (χ4n) is 1.69. The maximum absolute atomic E-state index is 12.8. The molecule has 0 aliphatic heterocycles. The van der Waals surface area contributed by atoms with Gasteiger partial charge in [0, 0.05) is 0 Å². The number of aromatic nitrogens is 4. The lowest BCUT2D eigenvalue weighted by Crippen LogP contribution is -2.13. The van der Waals surface area contributed by atoms with Crippen LogP contribution in [0, 0.1) is 5.82 Å². The van der Waals surface area contributed by atoms with Gasteiger partial charge in [-0.3, -0.25) is 0 Å². The Bertz CT molecular complexity index is 482. The Labute approximate surface area is 103 Å². The van der Waals surface area contributed by atoms with Gasteiger partial charge in [-0.25, -0.2) is 9.07 Å². The summed E-state index contributed by atoms with van der Waals surface area (Å²) in [7, 11) is 0. The van der Waals surface area contributed by atoms with Crippen molar-refractivity contribution in [1.29, 1.82) is 0 Å². The van der Waals surface area contributed by atoms with Crippen molar-refractivity contribution in [1.82, 2.24) is 20.2 Å². The van der Waals surface area contributed by atoms with Crippen LogP contribution in [0.4, 0.5) is 4.39 Å². The van der Waals surface area contributed by atoms with Crippen molar-refractivity contribution in [2.45, 2.75) is 25.3 Å². The molecule has 1 aromatic heterocycles. The predicted octanol–water partition coefficient (Wildman–Crippen LogP) is 2.35. The molecule has 0 saturated carbocycles. The average Bonchev–Trinajstić information content (AvgIpc) is 2.80. The molecule has 2 rings (SSSR count). The Morgan fingerprint density at radius 1 is 1.35 bits per heavy atom. The number of halogens is 2. The zero-order chi connectivity index (χ0) is 12.3. The molecule has 90 valence electrons. The molecule has 0 bridgehead atoms. The Morgan fingerprint density at radius 2 is 2.06 bits per heavy atom. The molecule has 1 atom stereocenters. The molecule has 0 radical (unpaired) electrons. The van der Waals surface area contributed by atoms with Gasteiger partial charge in [0.25, 0.3) is 0 Å². The maximum Gasteiger partial charge on any atom is 0.166 e. The zero-order valence-electron chi connectivity index (χ0n) is 9.35. The molecule has 0 saturated heterocycles. The van der Waals surface area contributed by atoms with Gasteiger partial charge >= 0.3 is 0 Å². The van der Waals surface area contributed by atoms with Crippen LogP contribution in [0.3, 0.4) is 0 Å². The molecule has 1 unspecified atom stereocenters. The van der Waals surface area contributed by atoms with E-state index >= 15 is 0 Å². The second-order valence-corrected chi connectivity index (χ2v) is 4.12. The summed E-state index contributed by atoms with van der Waals surface area (Å²) in [5.74, 6) is 0.687. The first kappa shape index (κ1) is 12.0. The van der Waals surface area contributed by atoms with E-state index in [1.165, 1.54) is 12.1 Å². The van der Waals surface area contributed by atoms with E-state index < -0.39 is 0 Å². The van der Waals surface area contributed by atoms with Crippen molar-refractivity contribution < 1.29 is 4.39 Å². The standard InChI is InChI=1S/C11H12ClFN4/c1-8(17-11(7-12)14-15-16-17)6-9-2-4-10(13)5-3-9/h2-5,8H,6-7H2,1H3. The average molecular weight is 255 g/mol. The number of hydrogen-bond donors (Lipinski definition) is 0. The van der Waals surface area contributed by atoms with Gasteiger partial charge in [0.05, 0.1) is 11.9 Å². The first-order valence-corrected chi connectivity index (χ1v) is 5.81. The molecule has 0 fully saturated rings. The lowest BCUT2D eigenvalue weighted by Gasteiger charge is -2.12. The van der Waals surface area contributed by atoms with Crippen LogP contribution in [0.25, 0.3) is 0 Å². The van der Waals surface area contributed by atoms with E-state index in [-0.39, 0.29) is 17.7 Å². The van der Waals surface area contributed by atoms with Crippen molar-refractivity contribution in [3.05, 3.63) is 41.5 Å². The van der Waals surface area contributed by atoms with E-state index in [1.54, 1.807) is 16.8 Å². The van der Waals surface area contributed by atoms with Gasteiger partial charge in [-0.1, -0.05) is 12.1 Å². The summed E-state index contributed by atoms with van der Waals surface area (Å²) in [5, 5.41) is 11.3. The van der Waals surface area contributed by atoms with E-state index in [1.807, 2.05) is 6.92 Å². The molecule has 0 amide bonds. The highest BCUT2D eigenvalue weighted by atomic mass is 35.5. The number of nitrogens with zero attached hydrogens (tertiary/aromatic N) is 4. The molecule has 0 spiro atoms. The van der Waals surface area contributed by atoms with Crippen LogP contribution in [-0.2, 0) is 12.3 Å². The van der Waals surface area contributed by atoms with E-state index in [0.29, 0.717) is 5.82 Å². The fourth-order valence-corrected chi connectivity index (χ4v) is 1.87. The normalized spacial score (nSPS) is 12.6. The monoisotopic (exact) mass is 254 g/mol. The van der Waals surface area contributed by atoms with Crippen LogP contribution >= 0.6 is 11.6 Å². The number of hydrogen-bond acceptors (Lipinski definition) is 3. The molecule has 0 aliphatic rings. The lowest BCUT2D eigenvalue weighted by atomic mass is 10.1. The van der Waals surface area contributed by atoms with Crippen LogP contribution in [0.2, 0.25) is 0 Å². The summed E-state index contributed by atoms with van der Waals surface area (Å²) >= 11 is 5.73. The minimum absolute atomic E-state index is 0.0872. The Kier molecular flexibility index (Phi) is 3.68. The van der Waals surface area contributed by atoms with Gasteiger partial charge < -0.3 is 0 Å². The number of benzene rings is 1. The molecule has 2 aromatic rings. The number of alkyl halides is 1. The Morgan fingerprint density at radius 3 is 2.71 bits per heavy atom. The van der Waals surface area contributed by atoms with Crippen molar-refractivity contribution in [2.24, 2.45) is 0 Å². The summed E-state index contributed by atoms with van der Waals surface area (Å²) in [6.45, 7) is 2.00. The van der Waals surface area contributed by atoms with Crippen molar-refractivity contribution in [3.8, 4) is 0 Å². The van der Waals surface area contributed by atoms with Gasteiger partial charge in [0.2, 0.25) is 0 Å². The van der Waals surface area contributed by atoms with E-state index in [4.69, 9.17) is 11.6 Å². The van der Waals surface area contributed by atoms with Crippen molar-refractivity contribution in [3.63, 3.8) is 0 Å². The second-order valence-electron chi connectivity index (χ2n) is 3.85. The molecule has 4 nitrogen and oxygen atoms in total. The largest absolute Gasteiger partial charge is 0.225 e. The summed E-state index contributed by atoms with van der Waals surface area (Å²) in [4.78, 5) is 0. The minimum Gasteiger partial charge on any atom is -0.225 e. The summed E-state index contributed by atoms with van der Waals surface area (Å²) in [6.07, 6.45) is 0.731. The third-order valence-electron chi connectivity index (χ3n) is 2.54. The highest BCUT2D eigenvalue weighted by molar-refractivity contribution is 6.16. The third kappa shape index (κ3) is 2.79. The number of tetrazole rings is 1. The summed E-state index contributed by atoms with van der Waals surface area (Å²) < 4.78 is 14.5. The minimum atomic E-state index is -0.231. The smallest absolute Gasteiger partial charge is 0.166 e. The molecular weight excluding hydrogens is 243 g/mol. The van der Waals surface area contributed by atoms with E-state index in [0.717, 1.165) is 12.0 Å².